The highest BCUT2D eigenvalue weighted by molar-refractivity contribution is 7.26. The molecule has 0 saturated carbocycles. The van der Waals surface area contributed by atoms with Crippen molar-refractivity contribution in [2.45, 2.75) is 52.9 Å². The summed E-state index contributed by atoms with van der Waals surface area (Å²) in [4.78, 5) is 0. The summed E-state index contributed by atoms with van der Waals surface area (Å²) in [5.74, 6) is 0.294. The topological polar surface area (TPSA) is 0 Å². The quantitative estimate of drug-likeness (QED) is 0.204. The van der Waals surface area contributed by atoms with Crippen molar-refractivity contribution in [1.29, 1.82) is 0 Å². The van der Waals surface area contributed by atoms with Gasteiger partial charge in [-0.15, -0.1) is 11.3 Å². The first kappa shape index (κ1) is 26.9. The van der Waals surface area contributed by atoms with Gasteiger partial charge in [-0.05, 0) is 101 Å². The van der Waals surface area contributed by atoms with Crippen LogP contribution in [-0.2, 0) is 0 Å². The first-order valence-electron chi connectivity index (χ1n) is 15.5. The lowest BCUT2D eigenvalue weighted by molar-refractivity contribution is 0.889. The van der Waals surface area contributed by atoms with Crippen molar-refractivity contribution in [1.82, 2.24) is 0 Å². The molecule has 0 bridgehead atoms. The number of thiophene rings is 1. The highest BCUT2D eigenvalue weighted by Gasteiger charge is 2.22. The standard InChI is InChI=1S/C41H38S/c1-4-33-34(29-13-7-5-8-14-29)22-19-27(2)40(28(3)25-38(33)30-15-9-6-10-16-30)32-21-23-35-31(26-32)20-24-37-36-17-11-12-18-39(36)42-41(35)37/h6-7,9-18,20-21,23-26,28H,4-5,8,19,22H2,1-3H3/b34-33+,38-25-,40-27+/t28-/m0/s1. The molecule has 0 amide bonds. The SMILES string of the molecule is CCC1=C(\C2=CCCC=C2)CC/C(C)=C(/c2ccc3c(ccc4c5ccccc5sc34)c2)[C@@H](C)/C=C\1c1ccccc1. The van der Waals surface area contributed by atoms with Crippen LogP contribution in [0.25, 0.3) is 42.1 Å². The van der Waals surface area contributed by atoms with Gasteiger partial charge in [0.2, 0.25) is 0 Å². The van der Waals surface area contributed by atoms with E-state index in [4.69, 9.17) is 0 Å². The molecule has 0 aliphatic heterocycles. The molecule has 208 valence electrons. The van der Waals surface area contributed by atoms with Crippen molar-refractivity contribution in [3.05, 3.63) is 143 Å². The molecular weight excluding hydrogens is 525 g/mol. The van der Waals surface area contributed by atoms with E-state index in [9.17, 15) is 0 Å². The predicted octanol–water partition coefficient (Wildman–Crippen LogP) is 12.5. The molecule has 1 aromatic heterocycles. The summed E-state index contributed by atoms with van der Waals surface area (Å²) in [5.41, 5.74) is 11.5. The van der Waals surface area contributed by atoms with Crippen molar-refractivity contribution < 1.29 is 0 Å². The summed E-state index contributed by atoms with van der Waals surface area (Å²) in [6.45, 7) is 7.11. The molecule has 42 heavy (non-hydrogen) atoms. The zero-order valence-electron chi connectivity index (χ0n) is 24.9. The molecule has 0 spiro atoms. The van der Waals surface area contributed by atoms with E-state index < -0.39 is 0 Å². The Morgan fingerprint density at radius 1 is 0.786 bits per heavy atom. The van der Waals surface area contributed by atoms with E-state index in [0.717, 1.165) is 32.1 Å². The number of fused-ring (bicyclic) bond motifs is 5. The van der Waals surface area contributed by atoms with Gasteiger partial charge in [0, 0.05) is 26.1 Å². The van der Waals surface area contributed by atoms with Crippen molar-refractivity contribution in [2.75, 3.05) is 0 Å². The summed E-state index contributed by atoms with van der Waals surface area (Å²) >= 11 is 1.92. The Morgan fingerprint density at radius 2 is 1.60 bits per heavy atom. The summed E-state index contributed by atoms with van der Waals surface area (Å²) in [5, 5.41) is 5.43. The third kappa shape index (κ3) is 4.80. The van der Waals surface area contributed by atoms with Gasteiger partial charge in [0.25, 0.3) is 0 Å². The normalized spacial score (nSPS) is 23.0. The summed E-state index contributed by atoms with van der Waals surface area (Å²) in [6, 6.07) is 31.7. The fourth-order valence-electron chi connectivity index (χ4n) is 7.22. The van der Waals surface area contributed by atoms with Crippen molar-refractivity contribution in [3.8, 4) is 0 Å². The number of allylic oxidation sites excluding steroid dienone is 10. The van der Waals surface area contributed by atoms with E-state index in [0.29, 0.717) is 5.92 Å². The van der Waals surface area contributed by atoms with E-state index >= 15 is 0 Å². The van der Waals surface area contributed by atoms with Crippen LogP contribution in [0.5, 0.6) is 0 Å². The van der Waals surface area contributed by atoms with Crippen LogP contribution in [0.1, 0.15) is 64.0 Å². The van der Waals surface area contributed by atoms with Gasteiger partial charge in [0.05, 0.1) is 0 Å². The van der Waals surface area contributed by atoms with Crippen LogP contribution in [0.3, 0.4) is 0 Å². The maximum absolute atomic E-state index is 2.56. The van der Waals surface area contributed by atoms with Gasteiger partial charge in [-0.25, -0.2) is 0 Å². The highest BCUT2D eigenvalue weighted by Crippen LogP contribution is 2.43. The van der Waals surface area contributed by atoms with Crippen molar-refractivity contribution in [2.24, 2.45) is 5.92 Å². The molecule has 0 radical (unpaired) electrons. The molecule has 2 aliphatic carbocycles. The zero-order chi connectivity index (χ0) is 28.6. The second-order valence-corrected chi connectivity index (χ2v) is 12.9. The van der Waals surface area contributed by atoms with Crippen LogP contribution in [-0.4, -0.2) is 0 Å². The largest absolute Gasteiger partial charge is 0.135 e. The smallest absolute Gasteiger partial charge is 0.0433 e. The molecule has 1 heterocycles. The number of benzene rings is 4. The molecule has 7 rings (SSSR count). The zero-order valence-corrected chi connectivity index (χ0v) is 25.7. The van der Waals surface area contributed by atoms with Crippen LogP contribution < -0.4 is 0 Å². The number of hydrogen-bond donors (Lipinski definition) is 0. The minimum Gasteiger partial charge on any atom is -0.135 e. The molecule has 2 aliphatic rings. The fraction of sp³-hybridized carbons (Fsp3) is 0.220. The maximum Gasteiger partial charge on any atom is 0.0433 e. The van der Waals surface area contributed by atoms with Gasteiger partial charge >= 0.3 is 0 Å². The molecule has 0 saturated heterocycles. The van der Waals surface area contributed by atoms with Gasteiger partial charge in [-0.3, -0.25) is 0 Å². The second kappa shape index (κ2) is 11.4. The molecule has 4 aromatic carbocycles. The number of rotatable bonds is 4. The highest BCUT2D eigenvalue weighted by atomic mass is 32.1. The molecule has 1 heteroatoms. The fourth-order valence-corrected chi connectivity index (χ4v) is 8.46. The minimum atomic E-state index is 0.294. The van der Waals surface area contributed by atoms with Crippen molar-refractivity contribution >= 4 is 53.4 Å². The van der Waals surface area contributed by atoms with E-state index in [1.807, 2.05) is 11.3 Å². The molecule has 0 N–H and O–H groups in total. The Morgan fingerprint density at radius 3 is 2.40 bits per heavy atom. The average molecular weight is 563 g/mol. The van der Waals surface area contributed by atoms with Gasteiger partial charge < -0.3 is 0 Å². The Hall–Kier alpha value is -3.94. The third-order valence-corrected chi connectivity index (χ3v) is 10.4. The van der Waals surface area contributed by atoms with Gasteiger partial charge in [0.15, 0.2) is 0 Å². The molecule has 0 nitrogen and oxygen atoms in total. The van der Waals surface area contributed by atoms with E-state index in [-0.39, 0.29) is 0 Å². The van der Waals surface area contributed by atoms with E-state index in [1.54, 1.807) is 0 Å². The molecule has 0 fully saturated rings. The Bertz CT molecular complexity index is 1970. The van der Waals surface area contributed by atoms with Gasteiger partial charge in [-0.1, -0.05) is 117 Å². The lowest BCUT2D eigenvalue weighted by atomic mass is 9.84. The lowest BCUT2D eigenvalue weighted by Crippen LogP contribution is -2.02. The Balaban J connectivity index is 1.38. The van der Waals surface area contributed by atoms with Gasteiger partial charge in [-0.2, -0.15) is 0 Å². The molecular formula is C41H38S. The number of hydrogen-bond acceptors (Lipinski definition) is 1. The first-order chi connectivity index (χ1) is 20.6. The monoisotopic (exact) mass is 562 g/mol. The second-order valence-electron chi connectivity index (χ2n) is 11.9. The van der Waals surface area contributed by atoms with E-state index in [2.05, 4.69) is 130 Å². The van der Waals surface area contributed by atoms with Crippen LogP contribution in [0.15, 0.2) is 132 Å². The van der Waals surface area contributed by atoms with Crippen LogP contribution in [0.2, 0.25) is 0 Å². The van der Waals surface area contributed by atoms with Crippen LogP contribution >= 0.6 is 11.3 Å². The lowest BCUT2D eigenvalue weighted by Gasteiger charge is -2.21. The van der Waals surface area contributed by atoms with E-state index in [1.165, 1.54) is 75.5 Å². The molecule has 0 unspecified atom stereocenters. The maximum atomic E-state index is 2.56. The predicted molar refractivity (Wildman–Crippen MR) is 186 cm³/mol. The van der Waals surface area contributed by atoms with Gasteiger partial charge in [0.1, 0.15) is 0 Å². The first-order valence-corrected chi connectivity index (χ1v) is 16.3. The third-order valence-electron chi connectivity index (χ3n) is 9.22. The van der Waals surface area contributed by atoms with Crippen molar-refractivity contribution in [3.63, 3.8) is 0 Å². The van der Waals surface area contributed by atoms with Crippen LogP contribution in [0, 0.1) is 5.92 Å². The summed E-state index contributed by atoms with van der Waals surface area (Å²) < 4.78 is 2.76. The summed E-state index contributed by atoms with van der Waals surface area (Å²) in [7, 11) is 0. The summed E-state index contributed by atoms with van der Waals surface area (Å²) in [6.07, 6.45) is 15.2. The Labute approximate surface area is 254 Å². The molecule has 1 atom stereocenters. The van der Waals surface area contributed by atoms with Crippen LogP contribution in [0.4, 0.5) is 0 Å². The Kier molecular flexibility index (Phi) is 7.30. The molecule has 5 aromatic rings. The average Bonchev–Trinajstić information content (AvgIpc) is 3.43. The minimum absolute atomic E-state index is 0.294.